The van der Waals surface area contributed by atoms with Gasteiger partial charge in [-0.1, -0.05) is 18.2 Å². The summed E-state index contributed by atoms with van der Waals surface area (Å²) in [6.07, 6.45) is 1.61. The Kier molecular flexibility index (Phi) is 2.73. The highest BCUT2D eigenvalue weighted by atomic mass is 35.7. The highest BCUT2D eigenvalue weighted by Crippen LogP contribution is 2.48. The molecule has 1 aromatic carbocycles. The third-order valence-electron chi connectivity index (χ3n) is 1.75. The molecule has 2 aromatic rings. The van der Waals surface area contributed by atoms with E-state index in [9.17, 15) is 4.57 Å². The van der Waals surface area contributed by atoms with Gasteiger partial charge in [-0.25, -0.2) is 4.98 Å². The van der Waals surface area contributed by atoms with E-state index in [0.717, 1.165) is 0 Å². The lowest BCUT2D eigenvalue weighted by Crippen LogP contribution is -2.10. The summed E-state index contributed by atoms with van der Waals surface area (Å²) in [6, 6.07) is 9.02. The van der Waals surface area contributed by atoms with Gasteiger partial charge in [0.25, 0.3) is 6.49 Å². The summed E-state index contributed by atoms with van der Waals surface area (Å²) >= 11 is 7.35. The summed E-state index contributed by atoms with van der Waals surface area (Å²) in [7, 11) is 0. The molecule has 0 aliphatic rings. The maximum Gasteiger partial charge on any atom is 0.253 e. The number of nitrogens with zero attached hydrogens (tertiary/aromatic N) is 1. The van der Waals surface area contributed by atoms with E-state index in [1.807, 2.05) is 18.2 Å². The molecule has 72 valence electrons. The van der Waals surface area contributed by atoms with E-state index >= 15 is 0 Å². The Labute approximate surface area is 90.7 Å². The number of rotatable bonds is 2. The van der Waals surface area contributed by atoms with Crippen molar-refractivity contribution in [2.45, 2.75) is 0 Å². The molecule has 0 saturated carbocycles. The zero-order chi connectivity index (χ0) is 10.0. The van der Waals surface area contributed by atoms with Gasteiger partial charge in [0.05, 0.1) is 0 Å². The lowest BCUT2D eigenvalue weighted by atomic mass is 10.4. The largest absolute Gasteiger partial charge is 0.294 e. The monoisotopic (exact) mass is 243 g/mol. The molecule has 2 nitrogen and oxygen atoms in total. The molecule has 0 spiro atoms. The van der Waals surface area contributed by atoms with Crippen molar-refractivity contribution in [3.8, 4) is 0 Å². The second-order valence-corrected chi connectivity index (χ2v) is 7.31. The number of hydrogen-bond donors (Lipinski definition) is 0. The Hall–Kier alpha value is -0.630. The van der Waals surface area contributed by atoms with Crippen LogP contribution in [0.2, 0.25) is 0 Å². The van der Waals surface area contributed by atoms with Crippen molar-refractivity contribution in [1.29, 1.82) is 0 Å². The zero-order valence-corrected chi connectivity index (χ0v) is 9.60. The first-order valence-electron chi connectivity index (χ1n) is 3.96. The van der Waals surface area contributed by atoms with E-state index in [4.69, 9.17) is 11.2 Å². The zero-order valence-electron chi connectivity index (χ0n) is 7.13. The minimum absolute atomic E-state index is 0.491. The number of benzene rings is 1. The molecule has 0 amide bonds. The van der Waals surface area contributed by atoms with Crippen molar-refractivity contribution in [3.63, 3.8) is 0 Å². The van der Waals surface area contributed by atoms with Gasteiger partial charge in [0.1, 0.15) is 0 Å². The van der Waals surface area contributed by atoms with Gasteiger partial charge in [0, 0.05) is 16.9 Å². The van der Waals surface area contributed by atoms with Crippen LogP contribution in [0.4, 0.5) is 0 Å². The van der Waals surface area contributed by atoms with E-state index in [1.54, 1.807) is 23.7 Å². The Balaban J connectivity index is 2.49. The molecule has 0 fully saturated rings. The van der Waals surface area contributed by atoms with Crippen LogP contribution in [-0.4, -0.2) is 4.98 Å². The van der Waals surface area contributed by atoms with Gasteiger partial charge in [-0.15, -0.1) is 11.3 Å². The Morgan fingerprint density at radius 2 is 2.00 bits per heavy atom. The van der Waals surface area contributed by atoms with Gasteiger partial charge < -0.3 is 0 Å². The summed E-state index contributed by atoms with van der Waals surface area (Å²) in [5.74, 6) is 0. The lowest BCUT2D eigenvalue weighted by Gasteiger charge is -2.06. The summed E-state index contributed by atoms with van der Waals surface area (Å²) < 4.78 is 12.7. The number of halogens is 1. The van der Waals surface area contributed by atoms with Gasteiger partial charge in [0.2, 0.25) is 0 Å². The molecule has 1 aromatic heterocycles. The summed E-state index contributed by atoms with van der Waals surface area (Å²) in [4.78, 5) is 3.99. The molecule has 0 aliphatic carbocycles. The molecule has 0 radical (unpaired) electrons. The van der Waals surface area contributed by atoms with Gasteiger partial charge in [-0.05, 0) is 23.4 Å². The Morgan fingerprint density at radius 3 is 2.57 bits per heavy atom. The predicted octanol–water partition coefficient (Wildman–Crippen LogP) is 2.61. The molecular formula is C9H7ClNOPS. The second kappa shape index (κ2) is 3.85. The van der Waals surface area contributed by atoms with E-state index < -0.39 is 6.49 Å². The number of hydrogen-bond acceptors (Lipinski definition) is 3. The molecular weight excluding hydrogens is 237 g/mol. The van der Waals surface area contributed by atoms with Crippen LogP contribution in [-0.2, 0) is 4.57 Å². The Bertz CT molecular complexity index is 457. The van der Waals surface area contributed by atoms with Crippen LogP contribution in [0.15, 0.2) is 41.9 Å². The Morgan fingerprint density at radius 1 is 1.29 bits per heavy atom. The maximum absolute atomic E-state index is 12.2. The van der Waals surface area contributed by atoms with Crippen LogP contribution in [0.25, 0.3) is 0 Å². The first kappa shape index (κ1) is 9.91. The molecule has 1 heterocycles. The molecule has 0 saturated heterocycles. The molecule has 0 N–H and O–H groups in total. The van der Waals surface area contributed by atoms with Gasteiger partial charge >= 0.3 is 0 Å². The normalized spacial score (nSPS) is 14.9. The fourth-order valence-corrected chi connectivity index (χ4v) is 4.31. The van der Waals surface area contributed by atoms with Crippen molar-refractivity contribution in [1.82, 2.24) is 4.98 Å². The van der Waals surface area contributed by atoms with Crippen molar-refractivity contribution in [2.24, 2.45) is 0 Å². The molecule has 1 unspecified atom stereocenters. The molecule has 14 heavy (non-hydrogen) atoms. The van der Waals surface area contributed by atoms with Crippen LogP contribution in [0, 0.1) is 0 Å². The standard InChI is InChI=1S/C9H7ClNOPS/c10-13(12,9-11-6-7-14-9)8-4-2-1-3-5-8/h1-7H. The van der Waals surface area contributed by atoms with Crippen LogP contribution in [0.1, 0.15) is 0 Å². The third kappa shape index (κ3) is 1.76. The average molecular weight is 244 g/mol. The topological polar surface area (TPSA) is 30.0 Å². The first-order chi connectivity index (χ1) is 6.71. The minimum Gasteiger partial charge on any atom is -0.294 e. The maximum atomic E-state index is 12.2. The smallest absolute Gasteiger partial charge is 0.253 e. The second-order valence-electron chi connectivity index (χ2n) is 2.68. The molecule has 1 atom stereocenters. The van der Waals surface area contributed by atoms with Crippen LogP contribution >= 0.6 is 29.1 Å². The van der Waals surface area contributed by atoms with Crippen molar-refractivity contribution >= 4 is 39.1 Å². The minimum atomic E-state index is -2.97. The average Bonchev–Trinajstić information content (AvgIpc) is 2.72. The van der Waals surface area contributed by atoms with Gasteiger partial charge in [-0.2, -0.15) is 0 Å². The summed E-state index contributed by atoms with van der Waals surface area (Å²) in [6.45, 7) is -2.97. The molecule has 0 aliphatic heterocycles. The molecule has 5 heteroatoms. The summed E-state index contributed by atoms with van der Waals surface area (Å²) in [5.41, 5.74) is 0. The van der Waals surface area contributed by atoms with E-state index in [2.05, 4.69) is 4.98 Å². The molecule has 0 bridgehead atoms. The van der Waals surface area contributed by atoms with Gasteiger partial charge in [0.15, 0.2) is 4.75 Å². The van der Waals surface area contributed by atoms with E-state index in [1.165, 1.54) is 11.3 Å². The third-order valence-corrected chi connectivity index (χ3v) is 6.35. The highest BCUT2D eigenvalue weighted by Gasteiger charge is 2.26. The van der Waals surface area contributed by atoms with E-state index in [-0.39, 0.29) is 0 Å². The lowest BCUT2D eigenvalue weighted by molar-refractivity contribution is 0.595. The van der Waals surface area contributed by atoms with Crippen molar-refractivity contribution in [2.75, 3.05) is 0 Å². The van der Waals surface area contributed by atoms with Crippen LogP contribution in [0.3, 0.4) is 0 Å². The SMILES string of the molecule is O=P(Cl)(c1ccccc1)c1nccs1. The predicted molar refractivity (Wildman–Crippen MR) is 61.3 cm³/mol. The van der Waals surface area contributed by atoms with Crippen LogP contribution < -0.4 is 10.1 Å². The van der Waals surface area contributed by atoms with Crippen LogP contribution in [0.5, 0.6) is 0 Å². The van der Waals surface area contributed by atoms with Gasteiger partial charge in [-0.3, -0.25) is 4.57 Å². The highest BCUT2D eigenvalue weighted by molar-refractivity contribution is 8.03. The van der Waals surface area contributed by atoms with Crippen molar-refractivity contribution in [3.05, 3.63) is 41.9 Å². The van der Waals surface area contributed by atoms with E-state index in [0.29, 0.717) is 10.1 Å². The fourth-order valence-electron chi connectivity index (χ4n) is 1.09. The fraction of sp³-hybridized carbons (Fsp3) is 0. The first-order valence-corrected chi connectivity index (χ1v) is 7.46. The number of aromatic nitrogens is 1. The van der Waals surface area contributed by atoms with Crippen molar-refractivity contribution < 1.29 is 4.57 Å². The molecule has 2 rings (SSSR count). The quantitative estimate of drug-likeness (QED) is 0.759. The summed E-state index contributed by atoms with van der Waals surface area (Å²) in [5, 5.41) is 2.41. The number of thiazole rings is 1.